The van der Waals surface area contributed by atoms with Crippen molar-refractivity contribution in [1.29, 1.82) is 0 Å². The van der Waals surface area contributed by atoms with Gasteiger partial charge in [0, 0.05) is 12.6 Å². The summed E-state index contributed by atoms with van der Waals surface area (Å²) in [5, 5.41) is 9.98. The van der Waals surface area contributed by atoms with E-state index < -0.39 is 17.7 Å². The fourth-order valence-electron chi connectivity index (χ4n) is 2.30. The molecule has 2 nitrogen and oxygen atoms in total. The average Bonchev–Trinajstić information content (AvgIpc) is 3.11. The quantitative estimate of drug-likeness (QED) is 0.874. The van der Waals surface area contributed by atoms with E-state index in [1.807, 2.05) is 11.9 Å². The topological polar surface area (TPSA) is 23.5 Å². The van der Waals surface area contributed by atoms with Crippen molar-refractivity contribution in [2.24, 2.45) is 5.92 Å². The van der Waals surface area contributed by atoms with E-state index in [1.165, 1.54) is 31.0 Å². The predicted octanol–water partition coefficient (Wildman–Crippen LogP) is 2.73. The maximum absolute atomic E-state index is 13.5. The van der Waals surface area contributed by atoms with Gasteiger partial charge in [-0.1, -0.05) is 6.07 Å². The molecule has 0 radical (unpaired) electrons. The fourth-order valence-corrected chi connectivity index (χ4v) is 2.30. The van der Waals surface area contributed by atoms with E-state index in [4.69, 9.17) is 0 Å². The molecule has 1 fully saturated rings. The summed E-state index contributed by atoms with van der Waals surface area (Å²) < 4.78 is 27.0. The van der Waals surface area contributed by atoms with Crippen molar-refractivity contribution < 1.29 is 13.9 Å². The van der Waals surface area contributed by atoms with Crippen LogP contribution in [0.2, 0.25) is 0 Å². The minimum absolute atomic E-state index is 0.229. The molecule has 0 amide bonds. The van der Waals surface area contributed by atoms with E-state index in [2.05, 4.69) is 6.92 Å². The lowest BCUT2D eigenvalue weighted by Crippen LogP contribution is -2.34. The lowest BCUT2D eigenvalue weighted by molar-refractivity contribution is 0.0969. The smallest absolute Gasteiger partial charge is 0.131 e. The minimum Gasteiger partial charge on any atom is -0.387 e. The first-order valence-electron chi connectivity index (χ1n) is 6.33. The minimum atomic E-state index is -1.13. The van der Waals surface area contributed by atoms with Crippen LogP contribution in [0.15, 0.2) is 18.2 Å². The summed E-state index contributed by atoms with van der Waals surface area (Å²) in [5.74, 6) is -0.711. The van der Waals surface area contributed by atoms with Gasteiger partial charge in [0.2, 0.25) is 0 Å². The molecule has 1 saturated carbocycles. The SMILES string of the molecule is CC(C1CC1)N(C)CC(O)c1c(F)cccc1F. The second kappa shape index (κ2) is 5.33. The van der Waals surface area contributed by atoms with Crippen molar-refractivity contribution in [2.75, 3.05) is 13.6 Å². The maximum Gasteiger partial charge on any atom is 0.131 e. The molecule has 100 valence electrons. The number of rotatable bonds is 5. The molecule has 2 unspecified atom stereocenters. The predicted molar refractivity (Wildman–Crippen MR) is 66.1 cm³/mol. The number of aliphatic hydroxyl groups excluding tert-OH is 1. The van der Waals surface area contributed by atoms with Crippen molar-refractivity contribution in [3.8, 4) is 0 Å². The number of aliphatic hydroxyl groups is 1. The van der Waals surface area contributed by atoms with E-state index >= 15 is 0 Å². The van der Waals surface area contributed by atoms with Crippen LogP contribution < -0.4 is 0 Å². The normalized spacial score (nSPS) is 19.0. The molecule has 1 aliphatic rings. The van der Waals surface area contributed by atoms with Crippen LogP contribution in [-0.2, 0) is 0 Å². The van der Waals surface area contributed by atoms with Gasteiger partial charge in [-0.15, -0.1) is 0 Å². The van der Waals surface area contributed by atoms with Crippen LogP contribution in [0.3, 0.4) is 0 Å². The summed E-state index contributed by atoms with van der Waals surface area (Å²) in [6, 6.07) is 3.99. The zero-order valence-electron chi connectivity index (χ0n) is 10.7. The zero-order chi connectivity index (χ0) is 13.3. The van der Waals surface area contributed by atoms with Crippen molar-refractivity contribution in [1.82, 2.24) is 4.90 Å². The molecule has 2 rings (SSSR count). The standard InChI is InChI=1S/C14H19F2NO/c1-9(10-6-7-10)17(2)8-13(18)14-11(15)4-3-5-12(14)16/h3-5,9-10,13,18H,6-8H2,1-2H3. The zero-order valence-corrected chi connectivity index (χ0v) is 10.7. The lowest BCUT2D eigenvalue weighted by Gasteiger charge is -2.27. The molecule has 2 atom stereocenters. The Morgan fingerprint density at radius 3 is 2.39 bits per heavy atom. The van der Waals surface area contributed by atoms with Gasteiger partial charge in [0.15, 0.2) is 0 Å². The van der Waals surface area contributed by atoms with Gasteiger partial charge in [-0.05, 0) is 44.9 Å². The molecule has 1 aliphatic carbocycles. The third kappa shape index (κ3) is 2.87. The molecular formula is C14H19F2NO. The van der Waals surface area contributed by atoms with Crippen molar-refractivity contribution in [2.45, 2.75) is 31.9 Å². The van der Waals surface area contributed by atoms with Crippen LogP contribution in [0.25, 0.3) is 0 Å². The molecule has 0 spiro atoms. The van der Waals surface area contributed by atoms with Gasteiger partial charge in [-0.25, -0.2) is 8.78 Å². The van der Waals surface area contributed by atoms with E-state index in [0.717, 1.165) is 0 Å². The Labute approximate surface area is 106 Å². The Morgan fingerprint density at radius 2 is 1.89 bits per heavy atom. The molecule has 1 aromatic carbocycles. The molecule has 1 N–H and O–H groups in total. The number of likely N-dealkylation sites (N-methyl/N-ethyl adjacent to an activating group) is 1. The highest BCUT2D eigenvalue weighted by Gasteiger charge is 2.31. The highest BCUT2D eigenvalue weighted by Crippen LogP contribution is 2.35. The largest absolute Gasteiger partial charge is 0.387 e. The van der Waals surface area contributed by atoms with Crippen molar-refractivity contribution in [3.63, 3.8) is 0 Å². The second-order valence-electron chi connectivity index (χ2n) is 5.17. The lowest BCUT2D eigenvalue weighted by atomic mass is 10.1. The Bertz CT molecular complexity index is 400. The Kier molecular flexibility index (Phi) is 3.97. The van der Waals surface area contributed by atoms with Crippen LogP contribution in [0.4, 0.5) is 8.78 Å². The number of hydrogen-bond acceptors (Lipinski definition) is 2. The van der Waals surface area contributed by atoms with Crippen LogP contribution in [0, 0.1) is 17.6 Å². The summed E-state index contributed by atoms with van der Waals surface area (Å²) >= 11 is 0. The number of halogens is 2. The highest BCUT2D eigenvalue weighted by atomic mass is 19.1. The van der Waals surface area contributed by atoms with Gasteiger partial charge in [0.25, 0.3) is 0 Å². The second-order valence-corrected chi connectivity index (χ2v) is 5.17. The fraction of sp³-hybridized carbons (Fsp3) is 0.571. The maximum atomic E-state index is 13.5. The van der Waals surface area contributed by atoms with E-state index in [-0.39, 0.29) is 12.1 Å². The van der Waals surface area contributed by atoms with Crippen LogP contribution in [0.1, 0.15) is 31.4 Å². The van der Waals surface area contributed by atoms with Gasteiger partial charge in [0.05, 0.1) is 11.7 Å². The summed E-state index contributed by atoms with van der Waals surface area (Å²) in [6.45, 7) is 2.33. The van der Waals surface area contributed by atoms with E-state index in [0.29, 0.717) is 12.0 Å². The van der Waals surface area contributed by atoms with E-state index in [1.54, 1.807) is 0 Å². The van der Waals surface area contributed by atoms with Gasteiger partial charge in [0.1, 0.15) is 11.6 Å². The van der Waals surface area contributed by atoms with Crippen LogP contribution in [0.5, 0.6) is 0 Å². The molecule has 1 aromatic rings. The van der Waals surface area contributed by atoms with Crippen LogP contribution in [-0.4, -0.2) is 29.6 Å². The van der Waals surface area contributed by atoms with E-state index in [9.17, 15) is 13.9 Å². The first-order chi connectivity index (χ1) is 8.50. The summed E-state index contributed by atoms with van der Waals surface area (Å²) in [4.78, 5) is 1.97. The summed E-state index contributed by atoms with van der Waals surface area (Å²) in [7, 11) is 1.88. The first-order valence-corrected chi connectivity index (χ1v) is 6.33. The van der Waals surface area contributed by atoms with Gasteiger partial charge in [-0.3, -0.25) is 0 Å². The van der Waals surface area contributed by atoms with Gasteiger partial charge in [-0.2, -0.15) is 0 Å². The third-order valence-electron chi connectivity index (χ3n) is 3.79. The number of hydrogen-bond donors (Lipinski definition) is 1. The highest BCUT2D eigenvalue weighted by molar-refractivity contribution is 5.22. The molecule has 0 heterocycles. The number of benzene rings is 1. The monoisotopic (exact) mass is 255 g/mol. The molecule has 0 aromatic heterocycles. The Morgan fingerprint density at radius 1 is 1.33 bits per heavy atom. The van der Waals surface area contributed by atoms with Gasteiger partial charge < -0.3 is 10.0 Å². The summed E-state index contributed by atoms with van der Waals surface area (Å²) in [6.07, 6.45) is 1.28. The first kappa shape index (κ1) is 13.4. The molecule has 0 bridgehead atoms. The Hall–Kier alpha value is -1.00. The molecule has 0 aliphatic heterocycles. The van der Waals surface area contributed by atoms with Crippen LogP contribution >= 0.6 is 0 Å². The molecule has 0 saturated heterocycles. The molecule has 18 heavy (non-hydrogen) atoms. The molecule has 4 heteroatoms. The third-order valence-corrected chi connectivity index (χ3v) is 3.79. The number of nitrogens with zero attached hydrogens (tertiary/aromatic N) is 1. The average molecular weight is 255 g/mol. The van der Waals surface area contributed by atoms with Gasteiger partial charge >= 0.3 is 0 Å². The molecular weight excluding hydrogens is 236 g/mol. The van der Waals surface area contributed by atoms with Crippen molar-refractivity contribution >= 4 is 0 Å². The summed E-state index contributed by atoms with van der Waals surface area (Å²) in [5.41, 5.74) is -0.229. The van der Waals surface area contributed by atoms with Crippen molar-refractivity contribution in [3.05, 3.63) is 35.4 Å². The Balaban J connectivity index is 2.04.